The third-order valence-corrected chi connectivity index (χ3v) is 11.4. The summed E-state index contributed by atoms with van der Waals surface area (Å²) in [5.74, 6) is 0. The molecule has 0 aliphatic carbocycles. The Hall–Kier alpha value is -2.28. The van der Waals surface area contributed by atoms with Crippen LogP contribution in [0.3, 0.4) is 0 Å². The Kier molecular flexibility index (Phi) is 6.65. The lowest BCUT2D eigenvalue weighted by atomic mass is 10.0. The van der Waals surface area contributed by atoms with Gasteiger partial charge in [-0.05, 0) is 21.0 Å². The van der Waals surface area contributed by atoms with Crippen molar-refractivity contribution in [2.45, 2.75) is 50.2 Å². The molecule has 0 bridgehead atoms. The van der Waals surface area contributed by atoms with Crippen molar-refractivity contribution < 1.29 is 19.4 Å². The SMILES string of the molecule is CC(C)(C)[Si](OC[C@@H]1O[C@@H](c2ccccc2)[C@H](O)[C@@H]1O)(c1ccccc1)c1ccccc1. The fourth-order valence-corrected chi connectivity index (χ4v) is 9.34. The van der Waals surface area contributed by atoms with Gasteiger partial charge in [-0.25, -0.2) is 0 Å². The van der Waals surface area contributed by atoms with E-state index in [0.717, 1.165) is 5.56 Å². The zero-order chi connectivity index (χ0) is 22.8. The van der Waals surface area contributed by atoms with E-state index < -0.39 is 32.7 Å². The molecule has 1 heterocycles. The molecule has 0 aromatic heterocycles. The van der Waals surface area contributed by atoms with E-state index in [-0.39, 0.29) is 11.6 Å². The van der Waals surface area contributed by atoms with E-state index >= 15 is 0 Å². The number of rotatable bonds is 6. The molecule has 2 N–H and O–H groups in total. The minimum Gasteiger partial charge on any atom is -0.405 e. The Bertz CT molecular complexity index is 949. The second kappa shape index (κ2) is 9.30. The van der Waals surface area contributed by atoms with Crippen LogP contribution in [-0.4, -0.2) is 43.4 Å². The van der Waals surface area contributed by atoms with Gasteiger partial charge in [-0.1, -0.05) is 112 Å². The van der Waals surface area contributed by atoms with Gasteiger partial charge in [-0.3, -0.25) is 0 Å². The van der Waals surface area contributed by atoms with E-state index in [1.54, 1.807) is 0 Å². The van der Waals surface area contributed by atoms with E-state index in [1.807, 2.05) is 66.7 Å². The third kappa shape index (κ3) is 4.19. The first-order valence-electron chi connectivity index (χ1n) is 11.2. The summed E-state index contributed by atoms with van der Waals surface area (Å²) in [6, 6.07) is 30.3. The minimum atomic E-state index is -2.74. The molecule has 5 heteroatoms. The van der Waals surface area contributed by atoms with Gasteiger partial charge in [-0.15, -0.1) is 0 Å². The highest BCUT2D eigenvalue weighted by Gasteiger charge is 2.52. The Balaban J connectivity index is 1.67. The highest BCUT2D eigenvalue weighted by Crippen LogP contribution is 2.39. The summed E-state index contributed by atoms with van der Waals surface area (Å²) < 4.78 is 13.0. The Morgan fingerprint density at radius 3 is 1.69 bits per heavy atom. The molecule has 0 amide bonds. The molecule has 0 saturated carbocycles. The molecule has 4 nitrogen and oxygen atoms in total. The van der Waals surface area contributed by atoms with Gasteiger partial charge < -0.3 is 19.4 Å². The van der Waals surface area contributed by atoms with E-state index in [9.17, 15) is 10.2 Å². The van der Waals surface area contributed by atoms with Crippen molar-refractivity contribution in [3.8, 4) is 0 Å². The standard InChI is InChI=1S/C27H32O4Si/c1-27(2,3)32(21-15-9-5-10-16-21,22-17-11-6-12-18-22)30-19-23-24(28)25(29)26(31-23)20-13-7-4-8-14-20/h4-18,23-26,28-29H,19H2,1-3H3/t23-,24+,25+,26-/m0/s1. The topological polar surface area (TPSA) is 58.9 Å². The quantitative estimate of drug-likeness (QED) is 0.568. The zero-order valence-electron chi connectivity index (χ0n) is 18.9. The van der Waals surface area contributed by atoms with E-state index in [2.05, 4.69) is 45.0 Å². The van der Waals surface area contributed by atoms with Crippen molar-refractivity contribution in [2.24, 2.45) is 0 Å². The maximum absolute atomic E-state index is 10.8. The van der Waals surface area contributed by atoms with E-state index in [0.29, 0.717) is 0 Å². The van der Waals surface area contributed by atoms with Crippen LogP contribution in [0.5, 0.6) is 0 Å². The van der Waals surface area contributed by atoms with Crippen molar-refractivity contribution in [3.63, 3.8) is 0 Å². The summed E-state index contributed by atoms with van der Waals surface area (Å²) in [6.07, 6.45) is -3.20. The molecule has 1 saturated heterocycles. The van der Waals surface area contributed by atoms with Crippen LogP contribution in [0.2, 0.25) is 5.04 Å². The number of hydrogen-bond donors (Lipinski definition) is 2. The average molecular weight is 449 g/mol. The summed E-state index contributed by atoms with van der Waals surface area (Å²) in [4.78, 5) is 0. The number of aliphatic hydroxyl groups excluding tert-OH is 2. The van der Waals surface area contributed by atoms with Gasteiger partial charge >= 0.3 is 0 Å². The van der Waals surface area contributed by atoms with Crippen molar-refractivity contribution >= 4 is 18.7 Å². The number of benzene rings is 3. The van der Waals surface area contributed by atoms with Crippen molar-refractivity contribution in [2.75, 3.05) is 6.61 Å². The number of aliphatic hydroxyl groups is 2. The summed E-state index contributed by atoms with van der Waals surface area (Å²) in [5.41, 5.74) is 0.854. The summed E-state index contributed by atoms with van der Waals surface area (Å²) in [7, 11) is -2.74. The summed E-state index contributed by atoms with van der Waals surface area (Å²) >= 11 is 0. The van der Waals surface area contributed by atoms with Crippen LogP contribution in [-0.2, 0) is 9.16 Å². The normalized spacial score (nSPS) is 23.9. The first-order valence-corrected chi connectivity index (χ1v) is 13.1. The highest BCUT2D eigenvalue weighted by molar-refractivity contribution is 6.99. The monoisotopic (exact) mass is 448 g/mol. The second-order valence-electron chi connectivity index (χ2n) is 9.46. The molecule has 0 spiro atoms. The van der Waals surface area contributed by atoms with E-state index in [4.69, 9.17) is 9.16 Å². The van der Waals surface area contributed by atoms with Crippen LogP contribution in [0.15, 0.2) is 91.0 Å². The van der Waals surface area contributed by atoms with Gasteiger partial charge in [0.15, 0.2) is 0 Å². The molecule has 1 fully saturated rings. The largest absolute Gasteiger partial charge is 0.405 e. The van der Waals surface area contributed by atoms with Gasteiger partial charge in [-0.2, -0.15) is 0 Å². The van der Waals surface area contributed by atoms with E-state index in [1.165, 1.54) is 10.4 Å². The van der Waals surface area contributed by atoms with Gasteiger partial charge in [0.1, 0.15) is 24.4 Å². The molecule has 1 aliphatic heterocycles. The van der Waals surface area contributed by atoms with Crippen LogP contribution in [0.4, 0.5) is 0 Å². The molecule has 4 atom stereocenters. The lowest BCUT2D eigenvalue weighted by Crippen LogP contribution is -2.67. The van der Waals surface area contributed by atoms with Crippen LogP contribution >= 0.6 is 0 Å². The predicted octanol–water partition coefficient (Wildman–Crippen LogP) is 3.42. The number of hydrogen-bond acceptors (Lipinski definition) is 4. The molecular weight excluding hydrogens is 416 g/mol. The predicted molar refractivity (Wildman–Crippen MR) is 130 cm³/mol. The van der Waals surface area contributed by atoms with Crippen LogP contribution in [0.1, 0.15) is 32.4 Å². The van der Waals surface area contributed by atoms with Gasteiger partial charge in [0.05, 0.1) is 6.61 Å². The summed E-state index contributed by atoms with van der Waals surface area (Å²) in [6.45, 7) is 6.85. The maximum atomic E-state index is 10.8. The Morgan fingerprint density at radius 1 is 0.750 bits per heavy atom. The van der Waals surface area contributed by atoms with Crippen LogP contribution in [0.25, 0.3) is 0 Å². The van der Waals surface area contributed by atoms with Crippen LogP contribution < -0.4 is 10.4 Å². The van der Waals surface area contributed by atoms with Crippen molar-refractivity contribution in [1.29, 1.82) is 0 Å². The lowest BCUT2D eigenvalue weighted by molar-refractivity contribution is -0.0189. The average Bonchev–Trinajstić information content (AvgIpc) is 3.09. The first-order chi connectivity index (χ1) is 15.3. The van der Waals surface area contributed by atoms with Crippen molar-refractivity contribution in [3.05, 3.63) is 96.6 Å². The van der Waals surface area contributed by atoms with Crippen molar-refractivity contribution in [1.82, 2.24) is 0 Å². The molecule has 4 rings (SSSR count). The molecule has 3 aromatic rings. The smallest absolute Gasteiger partial charge is 0.261 e. The first kappa shape index (κ1) is 22.9. The molecule has 168 valence electrons. The van der Waals surface area contributed by atoms with Gasteiger partial charge in [0.25, 0.3) is 8.32 Å². The fraction of sp³-hybridized carbons (Fsp3) is 0.333. The maximum Gasteiger partial charge on any atom is 0.261 e. The molecule has 3 aromatic carbocycles. The van der Waals surface area contributed by atoms with Gasteiger partial charge in [0.2, 0.25) is 0 Å². The molecule has 0 unspecified atom stereocenters. The lowest BCUT2D eigenvalue weighted by Gasteiger charge is -2.43. The molecule has 0 radical (unpaired) electrons. The molecule has 1 aliphatic rings. The van der Waals surface area contributed by atoms with Crippen LogP contribution in [0, 0.1) is 0 Å². The van der Waals surface area contributed by atoms with Gasteiger partial charge in [0, 0.05) is 0 Å². The molecular formula is C27H32O4Si. The zero-order valence-corrected chi connectivity index (χ0v) is 19.9. The Morgan fingerprint density at radius 2 is 1.22 bits per heavy atom. The third-order valence-electron chi connectivity index (χ3n) is 6.37. The highest BCUT2D eigenvalue weighted by atomic mass is 28.4. The molecule has 32 heavy (non-hydrogen) atoms. The minimum absolute atomic E-state index is 0.170. The fourth-order valence-electron chi connectivity index (χ4n) is 4.77. The number of ether oxygens (including phenoxy) is 1. The Labute approximate surface area is 191 Å². The summed E-state index contributed by atoms with van der Waals surface area (Å²) in [5, 5.41) is 23.7. The second-order valence-corrected chi connectivity index (χ2v) is 13.8.